The number of thioether (sulfide) groups is 1. The van der Waals surface area contributed by atoms with Crippen molar-refractivity contribution in [2.24, 2.45) is 0 Å². The van der Waals surface area contributed by atoms with Crippen LogP contribution in [-0.2, 0) is 5.75 Å². The fourth-order valence-electron chi connectivity index (χ4n) is 1.31. The van der Waals surface area contributed by atoms with Crippen LogP contribution in [0.2, 0.25) is 0 Å². The van der Waals surface area contributed by atoms with Gasteiger partial charge < -0.3 is 5.73 Å². The molecule has 0 atom stereocenters. The van der Waals surface area contributed by atoms with Gasteiger partial charge in [-0.3, -0.25) is 0 Å². The van der Waals surface area contributed by atoms with Gasteiger partial charge in [0.15, 0.2) is 0 Å². The maximum atomic E-state index is 8.69. The van der Waals surface area contributed by atoms with Gasteiger partial charge in [-0.05, 0) is 29.8 Å². The van der Waals surface area contributed by atoms with Gasteiger partial charge in [0.25, 0.3) is 0 Å². The first-order chi connectivity index (χ1) is 8.28. The molecule has 1 heterocycles. The van der Waals surface area contributed by atoms with Crippen molar-refractivity contribution >= 4 is 17.4 Å². The first kappa shape index (κ1) is 11.5. The number of nitriles is 1. The van der Waals surface area contributed by atoms with E-state index in [2.05, 4.69) is 11.1 Å². The molecule has 2 N–H and O–H groups in total. The van der Waals surface area contributed by atoms with E-state index in [-0.39, 0.29) is 0 Å². The zero-order chi connectivity index (χ0) is 12.1. The van der Waals surface area contributed by atoms with Crippen molar-refractivity contribution in [1.29, 1.82) is 5.26 Å². The molecule has 0 fully saturated rings. The number of aromatic nitrogens is 1. The van der Waals surface area contributed by atoms with Crippen molar-refractivity contribution < 1.29 is 0 Å². The van der Waals surface area contributed by atoms with E-state index in [1.807, 2.05) is 36.4 Å². The van der Waals surface area contributed by atoms with Crippen LogP contribution in [0.5, 0.6) is 0 Å². The number of nitrogens with two attached hydrogens (primary N) is 1. The van der Waals surface area contributed by atoms with Crippen LogP contribution in [0.3, 0.4) is 0 Å². The molecule has 0 spiro atoms. The molecule has 0 saturated heterocycles. The van der Waals surface area contributed by atoms with Gasteiger partial charge in [0.2, 0.25) is 0 Å². The molecule has 0 unspecified atom stereocenters. The first-order valence-electron chi connectivity index (χ1n) is 5.11. The van der Waals surface area contributed by atoms with Crippen LogP contribution in [0.1, 0.15) is 11.1 Å². The summed E-state index contributed by atoms with van der Waals surface area (Å²) in [7, 11) is 0. The standard InChI is InChI=1S/C13H11N3S/c14-7-10-1-3-11(4-2-10)9-17-13-6-5-12(15)8-16-13/h1-6,8H,9,15H2. The molecule has 2 rings (SSSR count). The van der Waals surface area contributed by atoms with E-state index in [4.69, 9.17) is 11.0 Å². The van der Waals surface area contributed by atoms with E-state index in [9.17, 15) is 0 Å². The maximum absolute atomic E-state index is 8.69. The summed E-state index contributed by atoms with van der Waals surface area (Å²) in [5.74, 6) is 0.836. The lowest BCUT2D eigenvalue weighted by molar-refractivity contribution is 1.13. The normalized spacial score (nSPS) is 9.82. The molecule has 3 nitrogen and oxygen atoms in total. The van der Waals surface area contributed by atoms with Gasteiger partial charge >= 0.3 is 0 Å². The van der Waals surface area contributed by atoms with Gasteiger partial charge in [-0.15, -0.1) is 11.8 Å². The lowest BCUT2D eigenvalue weighted by Crippen LogP contribution is -1.87. The third kappa shape index (κ3) is 3.23. The lowest BCUT2D eigenvalue weighted by Gasteiger charge is -2.01. The fraction of sp³-hybridized carbons (Fsp3) is 0.0769. The van der Waals surface area contributed by atoms with Gasteiger partial charge in [-0.1, -0.05) is 12.1 Å². The van der Waals surface area contributed by atoms with Crippen LogP contribution in [0.15, 0.2) is 47.6 Å². The summed E-state index contributed by atoms with van der Waals surface area (Å²) < 4.78 is 0. The molecule has 0 aliphatic carbocycles. The highest BCUT2D eigenvalue weighted by Gasteiger charge is 1.98. The minimum Gasteiger partial charge on any atom is -0.397 e. The van der Waals surface area contributed by atoms with Crippen LogP contribution in [-0.4, -0.2) is 4.98 Å². The molecule has 1 aromatic heterocycles. The number of hydrogen-bond donors (Lipinski definition) is 1. The van der Waals surface area contributed by atoms with Crippen LogP contribution in [0.4, 0.5) is 5.69 Å². The predicted molar refractivity (Wildman–Crippen MR) is 69.4 cm³/mol. The van der Waals surface area contributed by atoms with Crippen molar-refractivity contribution in [3.05, 3.63) is 53.7 Å². The molecule has 0 amide bonds. The molecule has 0 radical (unpaired) electrons. The highest BCUT2D eigenvalue weighted by atomic mass is 32.2. The Morgan fingerprint density at radius 3 is 2.53 bits per heavy atom. The number of nitrogen functional groups attached to an aromatic ring is 1. The van der Waals surface area contributed by atoms with E-state index < -0.39 is 0 Å². The zero-order valence-corrected chi connectivity index (χ0v) is 9.95. The molecule has 1 aromatic carbocycles. The van der Waals surface area contributed by atoms with Gasteiger partial charge in [-0.2, -0.15) is 5.26 Å². The van der Waals surface area contributed by atoms with Crippen molar-refractivity contribution in [2.75, 3.05) is 5.73 Å². The van der Waals surface area contributed by atoms with Gasteiger partial charge in [0.1, 0.15) is 0 Å². The molecule has 0 saturated carbocycles. The molecule has 4 heteroatoms. The summed E-state index contributed by atoms with van der Waals surface area (Å²) in [6.45, 7) is 0. The number of anilines is 1. The Morgan fingerprint density at radius 1 is 1.18 bits per heavy atom. The molecule has 2 aromatic rings. The smallest absolute Gasteiger partial charge is 0.0991 e. The monoisotopic (exact) mass is 241 g/mol. The molecule has 0 aliphatic heterocycles. The average Bonchev–Trinajstić information content (AvgIpc) is 2.39. The summed E-state index contributed by atoms with van der Waals surface area (Å²) in [5, 5.41) is 9.63. The minimum atomic E-state index is 0.674. The molecule has 84 valence electrons. The van der Waals surface area contributed by atoms with Crippen molar-refractivity contribution in [3.63, 3.8) is 0 Å². The largest absolute Gasteiger partial charge is 0.397 e. The van der Waals surface area contributed by atoms with E-state index >= 15 is 0 Å². The van der Waals surface area contributed by atoms with Crippen LogP contribution >= 0.6 is 11.8 Å². The Labute approximate surface area is 104 Å². The fourth-order valence-corrected chi connectivity index (χ4v) is 2.11. The van der Waals surface area contributed by atoms with E-state index in [1.54, 1.807) is 18.0 Å². The highest BCUT2D eigenvalue weighted by Crippen LogP contribution is 2.21. The highest BCUT2D eigenvalue weighted by molar-refractivity contribution is 7.98. The topological polar surface area (TPSA) is 62.7 Å². The number of rotatable bonds is 3. The zero-order valence-electron chi connectivity index (χ0n) is 9.13. The van der Waals surface area contributed by atoms with Crippen LogP contribution < -0.4 is 5.73 Å². The second-order valence-corrected chi connectivity index (χ2v) is 4.52. The van der Waals surface area contributed by atoms with Gasteiger partial charge in [-0.25, -0.2) is 4.98 Å². The molecule has 0 aliphatic rings. The van der Waals surface area contributed by atoms with E-state index in [0.29, 0.717) is 11.3 Å². The first-order valence-corrected chi connectivity index (χ1v) is 6.10. The molecule has 0 bridgehead atoms. The maximum Gasteiger partial charge on any atom is 0.0991 e. The number of benzene rings is 1. The summed E-state index contributed by atoms with van der Waals surface area (Å²) in [5.41, 5.74) is 8.10. The van der Waals surface area contributed by atoms with E-state index in [1.165, 1.54) is 5.56 Å². The van der Waals surface area contributed by atoms with E-state index in [0.717, 1.165) is 10.8 Å². The Balaban J connectivity index is 1.98. The summed E-state index contributed by atoms with van der Waals surface area (Å²) in [6.07, 6.45) is 1.65. The molecule has 17 heavy (non-hydrogen) atoms. The lowest BCUT2D eigenvalue weighted by atomic mass is 10.2. The second-order valence-electron chi connectivity index (χ2n) is 3.53. The third-order valence-corrected chi connectivity index (χ3v) is 3.24. The number of nitrogens with zero attached hydrogens (tertiary/aromatic N) is 2. The van der Waals surface area contributed by atoms with Crippen molar-refractivity contribution in [1.82, 2.24) is 4.98 Å². The predicted octanol–water partition coefficient (Wildman–Crippen LogP) is 2.83. The third-order valence-electron chi connectivity index (χ3n) is 2.23. The summed E-state index contributed by atoms with van der Waals surface area (Å²) in [4.78, 5) is 4.21. The van der Waals surface area contributed by atoms with Crippen LogP contribution in [0.25, 0.3) is 0 Å². The summed E-state index contributed by atoms with van der Waals surface area (Å²) in [6, 6.07) is 13.4. The van der Waals surface area contributed by atoms with Crippen LogP contribution in [0, 0.1) is 11.3 Å². The Morgan fingerprint density at radius 2 is 1.94 bits per heavy atom. The van der Waals surface area contributed by atoms with Gasteiger partial charge in [0, 0.05) is 5.75 Å². The van der Waals surface area contributed by atoms with Crippen molar-refractivity contribution in [3.8, 4) is 6.07 Å². The molecular formula is C13H11N3S. The molecular weight excluding hydrogens is 230 g/mol. The van der Waals surface area contributed by atoms with Gasteiger partial charge in [0.05, 0.1) is 28.5 Å². The number of pyridine rings is 1. The quantitative estimate of drug-likeness (QED) is 0.839. The second kappa shape index (κ2) is 5.37. The van der Waals surface area contributed by atoms with Crippen molar-refractivity contribution in [2.45, 2.75) is 10.8 Å². The average molecular weight is 241 g/mol. The minimum absolute atomic E-state index is 0.674. The summed E-state index contributed by atoms with van der Waals surface area (Å²) >= 11 is 1.65. The Bertz CT molecular complexity index is 526. The number of hydrogen-bond acceptors (Lipinski definition) is 4. The Kier molecular flexibility index (Phi) is 3.63. The Hall–Kier alpha value is -1.99. The SMILES string of the molecule is N#Cc1ccc(CSc2ccc(N)cn2)cc1.